The van der Waals surface area contributed by atoms with Crippen LogP contribution in [0.2, 0.25) is 0 Å². The summed E-state index contributed by atoms with van der Waals surface area (Å²) in [6.45, 7) is 4.93. The Morgan fingerprint density at radius 2 is 2.19 bits per heavy atom. The van der Waals surface area contributed by atoms with E-state index in [0.29, 0.717) is 11.5 Å². The summed E-state index contributed by atoms with van der Waals surface area (Å²) in [5, 5.41) is 3.07. The van der Waals surface area contributed by atoms with Crippen LogP contribution in [0.1, 0.15) is 50.7 Å². The fraction of sp³-hybridized carbons (Fsp3) is 0.529. The van der Waals surface area contributed by atoms with E-state index in [0.717, 1.165) is 30.4 Å². The van der Waals surface area contributed by atoms with Gasteiger partial charge in [0.2, 0.25) is 5.91 Å². The molecule has 0 saturated heterocycles. The predicted molar refractivity (Wildman–Crippen MR) is 89.9 cm³/mol. The number of hydrogen-bond acceptors (Lipinski definition) is 2. The molecule has 3 N–H and O–H groups in total. The summed E-state index contributed by atoms with van der Waals surface area (Å²) < 4.78 is 0. The molecule has 0 bridgehead atoms. The molecule has 0 aliphatic heterocycles. The fourth-order valence-electron chi connectivity index (χ4n) is 3.13. The van der Waals surface area contributed by atoms with E-state index in [-0.39, 0.29) is 17.2 Å². The first-order valence-electron chi connectivity index (χ1n) is 7.56. The Morgan fingerprint density at radius 1 is 1.43 bits per heavy atom. The van der Waals surface area contributed by atoms with Gasteiger partial charge in [0.1, 0.15) is 4.99 Å². The van der Waals surface area contributed by atoms with Gasteiger partial charge in [-0.05, 0) is 29.9 Å². The highest BCUT2D eigenvalue weighted by atomic mass is 32.1. The van der Waals surface area contributed by atoms with Gasteiger partial charge in [-0.25, -0.2) is 0 Å². The van der Waals surface area contributed by atoms with Crippen molar-refractivity contribution in [1.82, 2.24) is 5.32 Å². The lowest BCUT2D eigenvalue weighted by Gasteiger charge is -2.37. The first-order chi connectivity index (χ1) is 9.90. The molecule has 3 nitrogen and oxygen atoms in total. The first-order valence-corrected chi connectivity index (χ1v) is 7.97. The molecule has 1 aromatic rings. The van der Waals surface area contributed by atoms with Crippen molar-refractivity contribution in [2.45, 2.75) is 46.1 Å². The van der Waals surface area contributed by atoms with Gasteiger partial charge in [0.05, 0.1) is 0 Å². The highest BCUT2D eigenvalue weighted by Crippen LogP contribution is 2.40. The van der Waals surface area contributed by atoms with Gasteiger partial charge in [-0.15, -0.1) is 0 Å². The lowest BCUT2D eigenvalue weighted by molar-refractivity contribution is -0.130. The van der Waals surface area contributed by atoms with Gasteiger partial charge in [0.25, 0.3) is 0 Å². The van der Waals surface area contributed by atoms with Gasteiger partial charge in [0, 0.05) is 18.0 Å². The number of benzene rings is 1. The second-order valence-corrected chi connectivity index (χ2v) is 7.01. The third-order valence-electron chi connectivity index (χ3n) is 4.50. The van der Waals surface area contributed by atoms with E-state index in [1.807, 2.05) is 24.3 Å². The Labute approximate surface area is 132 Å². The molecule has 1 aliphatic carbocycles. The second kappa shape index (κ2) is 6.56. The number of carbonyl (C=O) groups is 1. The maximum absolute atomic E-state index is 12.4. The quantitative estimate of drug-likeness (QED) is 0.840. The van der Waals surface area contributed by atoms with Gasteiger partial charge in [-0.1, -0.05) is 57.1 Å². The van der Waals surface area contributed by atoms with Crippen LogP contribution in [0.5, 0.6) is 0 Å². The lowest BCUT2D eigenvalue weighted by Crippen LogP contribution is -2.40. The Bertz CT molecular complexity index is 539. The summed E-state index contributed by atoms with van der Waals surface area (Å²) in [6, 6.07) is 7.72. The number of nitrogens with two attached hydrogens (primary N) is 1. The van der Waals surface area contributed by atoms with Crippen LogP contribution in [0, 0.1) is 11.3 Å². The number of hydrogen-bond donors (Lipinski definition) is 2. The molecule has 114 valence electrons. The minimum Gasteiger partial charge on any atom is -0.389 e. The van der Waals surface area contributed by atoms with Crippen molar-refractivity contribution in [1.29, 1.82) is 0 Å². The van der Waals surface area contributed by atoms with Crippen LogP contribution in [-0.2, 0) is 11.3 Å². The average Bonchev–Trinajstić information content (AvgIpc) is 2.44. The van der Waals surface area contributed by atoms with E-state index < -0.39 is 0 Å². The molecule has 1 atom stereocenters. The van der Waals surface area contributed by atoms with Crippen LogP contribution >= 0.6 is 12.2 Å². The van der Waals surface area contributed by atoms with Crippen LogP contribution in [0.15, 0.2) is 24.3 Å². The van der Waals surface area contributed by atoms with Crippen molar-refractivity contribution in [3.63, 3.8) is 0 Å². The fourth-order valence-corrected chi connectivity index (χ4v) is 3.25. The summed E-state index contributed by atoms with van der Waals surface area (Å²) in [7, 11) is 0. The molecule has 2 rings (SSSR count). The lowest BCUT2D eigenvalue weighted by atomic mass is 9.68. The highest BCUT2D eigenvalue weighted by Gasteiger charge is 2.36. The molecule has 1 fully saturated rings. The molecule has 1 aromatic carbocycles. The molecule has 21 heavy (non-hydrogen) atoms. The van der Waals surface area contributed by atoms with E-state index in [2.05, 4.69) is 19.2 Å². The highest BCUT2D eigenvalue weighted by molar-refractivity contribution is 7.80. The minimum absolute atomic E-state index is 0.100. The van der Waals surface area contributed by atoms with E-state index in [1.165, 1.54) is 6.42 Å². The molecule has 1 amide bonds. The molecule has 1 unspecified atom stereocenters. The number of nitrogens with one attached hydrogen (secondary N) is 1. The number of thiocarbonyl (C=S) groups is 1. The summed E-state index contributed by atoms with van der Waals surface area (Å²) in [5.74, 6) is 0.283. The first kappa shape index (κ1) is 16.0. The number of carbonyl (C=O) groups excluding carboxylic acids is 1. The van der Waals surface area contributed by atoms with Gasteiger partial charge in [-0.3, -0.25) is 4.79 Å². The van der Waals surface area contributed by atoms with Gasteiger partial charge in [0.15, 0.2) is 0 Å². The maximum atomic E-state index is 12.4. The van der Waals surface area contributed by atoms with E-state index in [1.54, 1.807) is 0 Å². The van der Waals surface area contributed by atoms with Gasteiger partial charge < -0.3 is 11.1 Å². The van der Waals surface area contributed by atoms with Crippen molar-refractivity contribution in [3.8, 4) is 0 Å². The van der Waals surface area contributed by atoms with Crippen LogP contribution in [0.4, 0.5) is 0 Å². The standard InChI is InChI=1S/C17H24N2OS/c1-17(2)9-4-3-8-14(17)16(20)19-11-12-6-5-7-13(10-12)15(18)21/h5-7,10,14H,3-4,8-9,11H2,1-2H3,(H2,18,21)(H,19,20). The molecule has 0 radical (unpaired) electrons. The van der Waals surface area contributed by atoms with E-state index in [4.69, 9.17) is 18.0 Å². The molecule has 0 heterocycles. The largest absolute Gasteiger partial charge is 0.389 e. The van der Waals surface area contributed by atoms with Gasteiger partial charge >= 0.3 is 0 Å². The van der Waals surface area contributed by atoms with Crippen molar-refractivity contribution in [2.75, 3.05) is 0 Å². The SMILES string of the molecule is CC1(C)CCCCC1C(=O)NCc1cccc(C(N)=S)c1. The molecule has 4 heteroatoms. The van der Waals surface area contributed by atoms with E-state index >= 15 is 0 Å². The Balaban J connectivity index is 1.97. The van der Waals surface area contributed by atoms with Crippen molar-refractivity contribution in [2.24, 2.45) is 17.1 Å². The zero-order valence-electron chi connectivity index (χ0n) is 12.8. The van der Waals surface area contributed by atoms with Crippen LogP contribution in [0.3, 0.4) is 0 Å². The van der Waals surface area contributed by atoms with Crippen LogP contribution in [-0.4, -0.2) is 10.9 Å². The summed E-state index contributed by atoms with van der Waals surface area (Å²) >= 11 is 4.98. The van der Waals surface area contributed by atoms with E-state index in [9.17, 15) is 4.79 Å². The smallest absolute Gasteiger partial charge is 0.223 e. The molecule has 0 spiro atoms. The Morgan fingerprint density at radius 3 is 2.86 bits per heavy atom. The van der Waals surface area contributed by atoms with Crippen LogP contribution in [0.25, 0.3) is 0 Å². The summed E-state index contributed by atoms with van der Waals surface area (Å²) in [4.78, 5) is 12.8. The third kappa shape index (κ3) is 4.03. The summed E-state index contributed by atoms with van der Waals surface area (Å²) in [6.07, 6.45) is 4.50. The summed E-state index contributed by atoms with van der Waals surface area (Å²) in [5.41, 5.74) is 7.61. The Hall–Kier alpha value is -1.42. The second-order valence-electron chi connectivity index (χ2n) is 6.57. The minimum atomic E-state index is 0.100. The zero-order valence-corrected chi connectivity index (χ0v) is 13.6. The van der Waals surface area contributed by atoms with Gasteiger partial charge in [-0.2, -0.15) is 0 Å². The normalized spacial score (nSPS) is 20.8. The van der Waals surface area contributed by atoms with Crippen molar-refractivity contribution >= 4 is 23.1 Å². The molecular formula is C17H24N2OS. The zero-order chi connectivity index (χ0) is 15.5. The number of amides is 1. The maximum Gasteiger partial charge on any atom is 0.223 e. The third-order valence-corrected chi connectivity index (χ3v) is 4.74. The monoisotopic (exact) mass is 304 g/mol. The topological polar surface area (TPSA) is 55.1 Å². The number of rotatable bonds is 4. The van der Waals surface area contributed by atoms with Crippen LogP contribution < -0.4 is 11.1 Å². The molecule has 1 aliphatic rings. The van der Waals surface area contributed by atoms with Crippen molar-refractivity contribution in [3.05, 3.63) is 35.4 Å². The predicted octanol–water partition coefficient (Wildman–Crippen LogP) is 3.15. The molecular weight excluding hydrogens is 280 g/mol. The molecule has 0 aromatic heterocycles. The average molecular weight is 304 g/mol. The van der Waals surface area contributed by atoms with Crippen molar-refractivity contribution < 1.29 is 4.79 Å². The Kier molecular flexibility index (Phi) is 4.99. The molecule has 1 saturated carbocycles.